The van der Waals surface area contributed by atoms with E-state index in [0.717, 1.165) is 45.4 Å². The highest BCUT2D eigenvalue weighted by molar-refractivity contribution is 5.79. The normalized spacial score (nSPS) is 16.9. The molecule has 1 saturated heterocycles. The van der Waals surface area contributed by atoms with Crippen molar-refractivity contribution in [1.82, 2.24) is 15.5 Å². The molecule has 0 aliphatic carbocycles. The molecule has 0 saturated carbocycles. The van der Waals surface area contributed by atoms with Gasteiger partial charge in [-0.3, -0.25) is 9.89 Å². The number of nitrogens with zero attached hydrogens (tertiary/aromatic N) is 2. The molecular formula is C21H28N4O. The molecule has 1 fully saturated rings. The highest BCUT2D eigenvalue weighted by Gasteiger charge is 2.22. The first kappa shape index (κ1) is 18.4. The number of ether oxygens (including phenoxy) is 1. The van der Waals surface area contributed by atoms with Crippen molar-refractivity contribution >= 4 is 5.96 Å². The molecule has 138 valence electrons. The first-order valence-electron chi connectivity index (χ1n) is 9.22. The number of guanidine groups is 1. The first-order valence-corrected chi connectivity index (χ1v) is 9.22. The molecule has 5 nitrogen and oxygen atoms in total. The van der Waals surface area contributed by atoms with Crippen molar-refractivity contribution < 1.29 is 4.74 Å². The van der Waals surface area contributed by atoms with Crippen LogP contribution < -0.4 is 10.6 Å². The van der Waals surface area contributed by atoms with Crippen LogP contribution in [0.3, 0.4) is 0 Å². The van der Waals surface area contributed by atoms with Crippen molar-refractivity contribution in [2.45, 2.75) is 12.6 Å². The maximum absolute atomic E-state index is 5.52. The van der Waals surface area contributed by atoms with E-state index in [1.54, 1.807) is 0 Å². The number of benzene rings is 2. The third kappa shape index (κ3) is 5.31. The van der Waals surface area contributed by atoms with Gasteiger partial charge in [0.1, 0.15) is 0 Å². The molecule has 0 aromatic heterocycles. The number of morpholine rings is 1. The lowest BCUT2D eigenvalue weighted by atomic mass is 10.0. The van der Waals surface area contributed by atoms with E-state index in [9.17, 15) is 0 Å². The summed E-state index contributed by atoms with van der Waals surface area (Å²) in [7, 11) is 1.81. The number of nitrogens with one attached hydrogen (secondary N) is 2. The van der Waals surface area contributed by atoms with Crippen LogP contribution in [0.2, 0.25) is 0 Å². The largest absolute Gasteiger partial charge is 0.379 e. The second kappa shape index (κ2) is 9.94. The average molecular weight is 352 g/mol. The Hall–Kier alpha value is -2.37. The molecule has 1 unspecified atom stereocenters. The van der Waals surface area contributed by atoms with Crippen molar-refractivity contribution in [2.24, 2.45) is 4.99 Å². The zero-order valence-corrected chi connectivity index (χ0v) is 15.4. The van der Waals surface area contributed by atoms with Crippen LogP contribution in [0.4, 0.5) is 0 Å². The highest BCUT2D eigenvalue weighted by atomic mass is 16.5. The van der Waals surface area contributed by atoms with Gasteiger partial charge in [0.05, 0.1) is 19.3 Å². The highest BCUT2D eigenvalue weighted by Crippen LogP contribution is 2.20. The molecule has 5 heteroatoms. The number of aliphatic imine (C=N–C) groups is 1. The van der Waals surface area contributed by atoms with Crippen LogP contribution in [0, 0.1) is 0 Å². The first-order chi connectivity index (χ1) is 12.9. The zero-order valence-electron chi connectivity index (χ0n) is 15.4. The lowest BCUT2D eigenvalue weighted by molar-refractivity contribution is 0.0170. The van der Waals surface area contributed by atoms with Gasteiger partial charge in [-0.2, -0.15) is 0 Å². The van der Waals surface area contributed by atoms with Gasteiger partial charge >= 0.3 is 0 Å². The Morgan fingerprint density at radius 3 is 2.31 bits per heavy atom. The van der Waals surface area contributed by atoms with Gasteiger partial charge in [-0.1, -0.05) is 60.7 Å². The van der Waals surface area contributed by atoms with Crippen LogP contribution in [0.15, 0.2) is 65.7 Å². The van der Waals surface area contributed by atoms with Crippen molar-refractivity contribution in [3.63, 3.8) is 0 Å². The summed E-state index contributed by atoms with van der Waals surface area (Å²) in [4.78, 5) is 6.85. The van der Waals surface area contributed by atoms with Gasteiger partial charge in [-0.15, -0.1) is 0 Å². The molecular weight excluding hydrogens is 324 g/mol. The number of hydrogen-bond acceptors (Lipinski definition) is 3. The molecule has 2 N–H and O–H groups in total. The van der Waals surface area contributed by atoms with Crippen molar-refractivity contribution in [3.8, 4) is 0 Å². The number of hydrogen-bond donors (Lipinski definition) is 2. The third-order valence-electron chi connectivity index (χ3n) is 4.66. The standard InChI is InChI=1S/C21H28N4O/c1-22-21(23-16-18-8-4-2-5-9-18)24-17-20(19-10-6-3-7-11-19)25-12-14-26-15-13-25/h2-11,20H,12-17H2,1H3,(H2,22,23,24). The summed E-state index contributed by atoms with van der Waals surface area (Å²) < 4.78 is 5.52. The van der Waals surface area contributed by atoms with Crippen molar-refractivity contribution in [3.05, 3.63) is 71.8 Å². The minimum atomic E-state index is 0.301. The second-order valence-electron chi connectivity index (χ2n) is 6.37. The van der Waals surface area contributed by atoms with Gasteiger partial charge in [0.15, 0.2) is 5.96 Å². The van der Waals surface area contributed by atoms with E-state index in [4.69, 9.17) is 4.74 Å². The summed E-state index contributed by atoms with van der Waals surface area (Å²) in [6.07, 6.45) is 0. The molecule has 0 radical (unpaired) electrons. The lowest BCUT2D eigenvalue weighted by Gasteiger charge is -2.35. The lowest BCUT2D eigenvalue weighted by Crippen LogP contribution is -2.46. The van der Waals surface area contributed by atoms with E-state index in [1.807, 2.05) is 13.1 Å². The molecule has 0 spiro atoms. The molecule has 3 rings (SSSR count). The van der Waals surface area contributed by atoms with E-state index >= 15 is 0 Å². The van der Waals surface area contributed by atoms with E-state index in [1.165, 1.54) is 11.1 Å². The Kier molecular flexibility index (Phi) is 7.05. The summed E-state index contributed by atoms with van der Waals surface area (Å²) in [5, 5.41) is 6.88. The van der Waals surface area contributed by atoms with Crippen LogP contribution in [0.25, 0.3) is 0 Å². The van der Waals surface area contributed by atoms with Crippen molar-refractivity contribution in [1.29, 1.82) is 0 Å². The minimum Gasteiger partial charge on any atom is -0.379 e. The molecule has 0 amide bonds. The Morgan fingerprint density at radius 1 is 1.00 bits per heavy atom. The second-order valence-corrected chi connectivity index (χ2v) is 6.37. The summed E-state index contributed by atoms with van der Waals surface area (Å²) >= 11 is 0. The molecule has 26 heavy (non-hydrogen) atoms. The quantitative estimate of drug-likeness (QED) is 0.619. The molecule has 2 aromatic carbocycles. The maximum Gasteiger partial charge on any atom is 0.191 e. The minimum absolute atomic E-state index is 0.301. The van der Waals surface area contributed by atoms with Crippen molar-refractivity contribution in [2.75, 3.05) is 39.9 Å². The van der Waals surface area contributed by atoms with Crippen LogP contribution in [0.1, 0.15) is 17.2 Å². The van der Waals surface area contributed by atoms with Gasteiger partial charge in [-0.25, -0.2) is 0 Å². The predicted molar refractivity (Wildman–Crippen MR) is 106 cm³/mol. The average Bonchev–Trinajstić information content (AvgIpc) is 2.73. The fraction of sp³-hybridized carbons (Fsp3) is 0.381. The Bertz CT molecular complexity index is 669. The molecule has 2 aromatic rings. The van der Waals surface area contributed by atoms with Gasteiger partial charge < -0.3 is 15.4 Å². The van der Waals surface area contributed by atoms with Gasteiger partial charge in [-0.05, 0) is 11.1 Å². The fourth-order valence-corrected chi connectivity index (χ4v) is 3.22. The molecule has 0 bridgehead atoms. The Balaban J connectivity index is 1.60. The van der Waals surface area contributed by atoms with Crippen LogP contribution >= 0.6 is 0 Å². The van der Waals surface area contributed by atoms with Gasteiger partial charge in [0.2, 0.25) is 0 Å². The van der Waals surface area contributed by atoms with E-state index in [0.29, 0.717) is 6.04 Å². The molecule has 1 atom stereocenters. The molecule has 1 aliphatic rings. The smallest absolute Gasteiger partial charge is 0.191 e. The summed E-state index contributed by atoms with van der Waals surface area (Å²) in [6.45, 7) is 5.07. The topological polar surface area (TPSA) is 48.9 Å². The number of rotatable bonds is 6. The van der Waals surface area contributed by atoms with Gasteiger partial charge in [0.25, 0.3) is 0 Å². The summed E-state index contributed by atoms with van der Waals surface area (Å²) in [6, 6.07) is 21.3. The van der Waals surface area contributed by atoms with Crippen LogP contribution in [-0.2, 0) is 11.3 Å². The molecule has 1 aliphatic heterocycles. The SMILES string of the molecule is CN=C(NCc1ccccc1)NCC(c1ccccc1)N1CCOCC1. The van der Waals surface area contributed by atoms with Gasteiger partial charge in [0, 0.05) is 33.2 Å². The predicted octanol–water partition coefficient (Wildman–Crippen LogP) is 2.43. The zero-order chi connectivity index (χ0) is 18.0. The van der Waals surface area contributed by atoms with E-state index < -0.39 is 0 Å². The van der Waals surface area contributed by atoms with E-state index in [2.05, 4.69) is 75.1 Å². The Morgan fingerprint density at radius 2 is 1.65 bits per heavy atom. The fourth-order valence-electron chi connectivity index (χ4n) is 3.22. The summed E-state index contributed by atoms with van der Waals surface area (Å²) in [5.74, 6) is 0.822. The molecule has 1 heterocycles. The third-order valence-corrected chi connectivity index (χ3v) is 4.66. The van der Waals surface area contributed by atoms with E-state index in [-0.39, 0.29) is 0 Å². The van der Waals surface area contributed by atoms with Crippen LogP contribution in [0.5, 0.6) is 0 Å². The maximum atomic E-state index is 5.52. The van der Waals surface area contributed by atoms with Crippen LogP contribution in [-0.4, -0.2) is 50.8 Å². The monoisotopic (exact) mass is 352 g/mol. The summed E-state index contributed by atoms with van der Waals surface area (Å²) in [5.41, 5.74) is 2.56. The Labute approximate surface area is 156 Å².